The fourth-order valence-corrected chi connectivity index (χ4v) is 1.32. The second-order valence-corrected chi connectivity index (χ2v) is 4.58. The van der Waals surface area contributed by atoms with Crippen LogP contribution in [0.25, 0.3) is 0 Å². The zero-order valence-corrected chi connectivity index (χ0v) is 11.7. The molecule has 5 atom stereocenters. The van der Waals surface area contributed by atoms with Gasteiger partial charge in [-0.3, -0.25) is 9.59 Å². The molecular formula is C11H21N3O7. The number of amides is 2. The van der Waals surface area contributed by atoms with Crippen LogP contribution >= 0.6 is 0 Å². The molecule has 0 bridgehead atoms. The van der Waals surface area contributed by atoms with Crippen molar-refractivity contribution in [1.82, 2.24) is 10.6 Å². The Labute approximate surface area is 120 Å². The Bertz CT molecular complexity index is 386. The molecule has 0 aromatic carbocycles. The third kappa shape index (κ3) is 6.04. The maximum Gasteiger partial charge on any atom is 0.328 e. The van der Waals surface area contributed by atoms with E-state index in [1.807, 2.05) is 5.32 Å². The van der Waals surface area contributed by atoms with Crippen molar-refractivity contribution < 1.29 is 34.8 Å². The van der Waals surface area contributed by atoms with Crippen LogP contribution in [-0.2, 0) is 14.4 Å². The highest BCUT2D eigenvalue weighted by Crippen LogP contribution is 1.96. The molecule has 0 heterocycles. The van der Waals surface area contributed by atoms with Crippen molar-refractivity contribution in [2.75, 3.05) is 6.61 Å². The first-order valence-corrected chi connectivity index (χ1v) is 6.17. The van der Waals surface area contributed by atoms with Gasteiger partial charge in [-0.25, -0.2) is 4.79 Å². The summed E-state index contributed by atoms with van der Waals surface area (Å²) in [5.41, 5.74) is 5.35. The molecule has 10 nitrogen and oxygen atoms in total. The standard InChI is InChI=1S/C11H21N3O7/c1-4(16)7(12)10(19)13-6(3-15)9(18)14-8(5(2)17)11(20)21/h4-8,15-17H,3,12H2,1-2H3,(H,13,19)(H,14,18)(H,20,21). The number of carboxylic acids is 1. The highest BCUT2D eigenvalue weighted by atomic mass is 16.4. The van der Waals surface area contributed by atoms with Crippen molar-refractivity contribution in [3.8, 4) is 0 Å². The van der Waals surface area contributed by atoms with Crippen molar-refractivity contribution in [3.05, 3.63) is 0 Å². The molecule has 0 rings (SSSR count). The zero-order valence-electron chi connectivity index (χ0n) is 11.7. The molecule has 0 saturated heterocycles. The monoisotopic (exact) mass is 307 g/mol. The van der Waals surface area contributed by atoms with E-state index < -0.39 is 54.7 Å². The van der Waals surface area contributed by atoms with E-state index in [0.29, 0.717) is 0 Å². The first-order chi connectivity index (χ1) is 9.61. The zero-order chi connectivity index (χ0) is 16.7. The van der Waals surface area contributed by atoms with Gasteiger partial charge in [0.15, 0.2) is 6.04 Å². The van der Waals surface area contributed by atoms with Gasteiger partial charge in [-0.1, -0.05) is 0 Å². The van der Waals surface area contributed by atoms with Crippen LogP contribution in [0, 0.1) is 0 Å². The van der Waals surface area contributed by atoms with Crippen LogP contribution in [0.15, 0.2) is 0 Å². The minimum atomic E-state index is -1.59. The Morgan fingerprint density at radius 2 is 1.57 bits per heavy atom. The number of nitrogens with two attached hydrogens (primary N) is 1. The van der Waals surface area contributed by atoms with Crippen LogP contribution in [0.2, 0.25) is 0 Å². The molecule has 0 aromatic rings. The quantitative estimate of drug-likeness (QED) is 0.237. The van der Waals surface area contributed by atoms with Gasteiger partial charge in [-0.05, 0) is 13.8 Å². The summed E-state index contributed by atoms with van der Waals surface area (Å²) in [6, 6.07) is -4.35. The number of aliphatic hydroxyl groups excluding tert-OH is 3. The van der Waals surface area contributed by atoms with E-state index in [1.54, 1.807) is 0 Å². The normalized spacial score (nSPS) is 18.0. The van der Waals surface area contributed by atoms with Crippen LogP contribution in [-0.4, -0.2) is 75.2 Å². The van der Waals surface area contributed by atoms with E-state index in [2.05, 4.69) is 5.32 Å². The molecule has 0 fully saturated rings. The number of nitrogens with one attached hydrogen (secondary N) is 2. The van der Waals surface area contributed by atoms with E-state index in [9.17, 15) is 19.5 Å². The Morgan fingerprint density at radius 3 is 1.90 bits per heavy atom. The maximum absolute atomic E-state index is 11.8. The lowest BCUT2D eigenvalue weighted by Crippen LogP contribution is -2.58. The van der Waals surface area contributed by atoms with Gasteiger partial charge in [0, 0.05) is 0 Å². The molecule has 8 N–H and O–H groups in total. The van der Waals surface area contributed by atoms with Gasteiger partial charge in [0.05, 0.1) is 18.8 Å². The maximum atomic E-state index is 11.8. The molecule has 0 aliphatic carbocycles. The van der Waals surface area contributed by atoms with Crippen LogP contribution in [0.3, 0.4) is 0 Å². The SMILES string of the molecule is CC(O)C(N)C(=O)NC(CO)C(=O)NC(C(=O)O)C(C)O. The minimum Gasteiger partial charge on any atom is -0.480 e. The smallest absolute Gasteiger partial charge is 0.328 e. The highest BCUT2D eigenvalue weighted by molar-refractivity contribution is 5.92. The molecule has 0 aliphatic heterocycles. The van der Waals surface area contributed by atoms with Crippen LogP contribution < -0.4 is 16.4 Å². The fraction of sp³-hybridized carbons (Fsp3) is 0.727. The van der Waals surface area contributed by atoms with Crippen molar-refractivity contribution in [2.24, 2.45) is 5.73 Å². The van der Waals surface area contributed by atoms with Crippen LogP contribution in [0.4, 0.5) is 0 Å². The van der Waals surface area contributed by atoms with Gasteiger partial charge in [0.25, 0.3) is 0 Å². The summed E-state index contributed by atoms with van der Waals surface area (Å²) in [5.74, 6) is -3.36. The molecule has 21 heavy (non-hydrogen) atoms. The number of carbonyl (C=O) groups is 3. The van der Waals surface area contributed by atoms with Gasteiger partial charge in [-0.15, -0.1) is 0 Å². The van der Waals surface area contributed by atoms with Gasteiger partial charge in [0.1, 0.15) is 12.1 Å². The average molecular weight is 307 g/mol. The summed E-state index contributed by atoms with van der Waals surface area (Å²) < 4.78 is 0. The summed E-state index contributed by atoms with van der Waals surface area (Å²) in [7, 11) is 0. The van der Waals surface area contributed by atoms with Crippen LogP contribution in [0.5, 0.6) is 0 Å². The number of carbonyl (C=O) groups excluding carboxylic acids is 2. The van der Waals surface area contributed by atoms with E-state index in [1.165, 1.54) is 6.92 Å². The first kappa shape index (κ1) is 19.2. The second kappa shape index (κ2) is 8.52. The molecule has 0 saturated carbocycles. The Hall–Kier alpha value is -1.75. The van der Waals surface area contributed by atoms with E-state index >= 15 is 0 Å². The van der Waals surface area contributed by atoms with Crippen molar-refractivity contribution in [2.45, 2.75) is 44.2 Å². The predicted octanol–water partition coefficient (Wildman–Crippen LogP) is -3.88. The van der Waals surface area contributed by atoms with E-state index in [4.69, 9.17) is 21.1 Å². The topological polar surface area (TPSA) is 182 Å². The van der Waals surface area contributed by atoms with Gasteiger partial charge >= 0.3 is 5.97 Å². The minimum absolute atomic E-state index is 0.809. The first-order valence-electron chi connectivity index (χ1n) is 6.17. The molecular weight excluding hydrogens is 286 g/mol. The van der Waals surface area contributed by atoms with Gasteiger partial charge in [-0.2, -0.15) is 0 Å². The molecule has 0 aliphatic rings. The summed E-state index contributed by atoms with van der Waals surface area (Å²) >= 11 is 0. The molecule has 0 spiro atoms. The van der Waals surface area contributed by atoms with Crippen molar-refractivity contribution >= 4 is 17.8 Å². The molecule has 0 radical (unpaired) electrons. The average Bonchev–Trinajstić information content (AvgIpc) is 2.39. The fourth-order valence-electron chi connectivity index (χ4n) is 1.32. The Balaban J connectivity index is 4.76. The number of aliphatic hydroxyl groups is 3. The molecule has 10 heteroatoms. The lowest BCUT2D eigenvalue weighted by Gasteiger charge is -2.23. The molecule has 2 amide bonds. The molecule has 0 aromatic heterocycles. The number of aliphatic carboxylic acids is 1. The Kier molecular flexibility index (Phi) is 7.81. The summed E-state index contributed by atoms with van der Waals surface area (Å²) in [6.07, 6.45) is -2.54. The van der Waals surface area contributed by atoms with E-state index in [0.717, 1.165) is 6.92 Å². The number of hydrogen-bond donors (Lipinski definition) is 7. The van der Waals surface area contributed by atoms with E-state index in [-0.39, 0.29) is 0 Å². The van der Waals surface area contributed by atoms with Gasteiger partial charge < -0.3 is 36.8 Å². The molecule has 122 valence electrons. The summed E-state index contributed by atoms with van der Waals surface area (Å²) in [4.78, 5) is 34.1. The van der Waals surface area contributed by atoms with Crippen LogP contribution in [0.1, 0.15) is 13.8 Å². The predicted molar refractivity (Wildman–Crippen MR) is 69.9 cm³/mol. The molecule has 5 unspecified atom stereocenters. The lowest BCUT2D eigenvalue weighted by atomic mass is 10.1. The van der Waals surface area contributed by atoms with Gasteiger partial charge in [0.2, 0.25) is 11.8 Å². The Morgan fingerprint density at radius 1 is 1.05 bits per heavy atom. The summed E-state index contributed by atoms with van der Waals surface area (Å²) in [5, 5.41) is 40.3. The lowest BCUT2D eigenvalue weighted by molar-refractivity contribution is -0.145. The third-order valence-electron chi connectivity index (χ3n) is 2.68. The highest BCUT2D eigenvalue weighted by Gasteiger charge is 2.30. The van der Waals surface area contributed by atoms with Crippen molar-refractivity contribution in [1.29, 1.82) is 0 Å². The third-order valence-corrected chi connectivity index (χ3v) is 2.68. The largest absolute Gasteiger partial charge is 0.480 e. The van der Waals surface area contributed by atoms with Crippen molar-refractivity contribution in [3.63, 3.8) is 0 Å². The number of hydrogen-bond acceptors (Lipinski definition) is 7. The summed E-state index contributed by atoms with van der Waals surface area (Å²) in [6.45, 7) is 1.62. The second-order valence-electron chi connectivity index (χ2n) is 4.58. The number of carboxylic acid groups (broad SMARTS) is 1. The number of rotatable bonds is 8.